The standard InChI is InChI=1S/C11H12FN3/c1-8-5-9(12)7-10(6-8)14-11-13-3-4-15(11)2/h3-7H,1-2H3,(H,13,14). The number of imidazole rings is 1. The molecule has 0 aliphatic rings. The molecule has 0 radical (unpaired) electrons. The van der Waals surface area contributed by atoms with Gasteiger partial charge in [-0.15, -0.1) is 0 Å². The normalized spacial score (nSPS) is 10.3. The molecule has 0 fully saturated rings. The van der Waals surface area contributed by atoms with Crippen LogP contribution >= 0.6 is 0 Å². The van der Waals surface area contributed by atoms with Crippen molar-refractivity contribution in [1.82, 2.24) is 9.55 Å². The molecule has 0 aliphatic carbocycles. The average molecular weight is 205 g/mol. The lowest BCUT2D eigenvalue weighted by atomic mass is 10.2. The summed E-state index contributed by atoms with van der Waals surface area (Å²) in [6.07, 6.45) is 3.52. The molecule has 3 nitrogen and oxygen atoms in total. The molecular weight excluding hydrogens is 193 g/mol. The molecule has 0 spiro atoms. The lowest BCUT2D eigenvalue weighted by molar-refractivity contribution is 0.627. The molecule has 78 valence electrons. The Bertz CT molecular complexity index is 456. The molecule has 0 atom stereocenters. The van der Waals surface area contributed by atoms with Crippen LogP contribution < -0.4 is 5.32 Å². The summed E-state index contributed by atoms with van der Waals surface area (Å²) < 4.78 is 14.9. The van der Waals surface area contributed by atoms with Crippen molar-refractivity contribution in [3.63, 3.8) is 0 Å². The highest BCUT2D eigenvalue weighted by Crippen LogP contribution is 2.17. The number of aryl methyl sites for hydroxylation is 2. The molecule has 15 heavy (non-hydrogen) atoms. The van der Waals surface area contributed by atoms with Gasteiger partial charge in [-0.2, -0.15) is 0 Å². The van der Waals surface area contributed by atoms with Gasteiger partial charge in [0.05, 0.1) is 0 Å². The third-order valence-corrected chi connectivity index (χ3v) is 2.12. The van der Waals surface area contributed by atoms with Gasteiger partial charge in [0.25, 0.3) is 0 Å². The molecule has 1 aromatic carbocycles. The summed E-state index contributed by atoms with van der Waals surface area (Å²) >= 11 is 0. The van der Waals surface area contributed by atoms with Gasteiger partial charge >= 0.3 is 0 Å². The highest BCUT2D eigenvalue weighted by molar-refractivity contribution is 5.54. The first-order chi connectivity index (χ1) is 7.15. The van der Waals surface area contributed by atoms with Crippen molar-refractivity contribution in [2.45, 2.75) is 6.92 Å². The third kappa shape index (κ3) is 2.15. The number of anilines is 2. The molecule has 1 aromatic heterocycles. The molecular formula is C11H12FN3. The summed E-state index contributed by atoms with van der Waals surface area (Å²) in [5, 5.41) is 3.05. The van der Waals surface area contributed by atoms with E-state index in [1.165, 1.54) is 12.1 Å². The second-order valence-electron chi connectivity index (χ2n) is 3.50. The summed E-state index contributed by atoms with van der Waals surface area (Å²) in [7, 11) is 1.88. The maximum Gasteiger partial charge on any atom is 0.207 e. The van der Waals surface area contributed by atoms with Crippen LogP contribution in [0.5, 0.6) is 0 Å². The van der Waals surface area contributed by atoms with Crippen LogP contribution in [0.2, 0.25) is 0 Å². The van der Waals surface area contributed by atoms with E-state index >= 15 is 0 Å². The summed E-state index contributed by atoms with van der Waals surface area (Å²) in [5.74, 6) is 0.451. The zero-order valence-corrected chi connectivity index (χ0v) is 8.66. The number of benzene rings is 1. The smallest absolute Gasteiger partial charge is 0.207 e. The van der Waals surface area contributed by atoms with Gasteiger partial charge in [-0.1, -0.05) is 0 Å². The number of nitrogens with zero attached hydrogens (tertiary/aromatic N) is 2. The molecule has 4 heteroatoms. The molecule has 0 unspecified atom stereocenters. The van der Waals surface area contributed by atoms with E-state index in [2.05, 4.69) is 10.3 Å². The maximum atomic E-state index is 13.1. The summed E-state index contributed by atoms with van der Waals surface area (Å²) in [4.78, 5) is 4.10. The fourth-order valence-electron chi connectivity index (χ4n) is 1.42. The van der Waals surface area contributed by atoms with Gasteiger partial charge in [-0.25, -0.2) is 9.37 Å². The van der Waals surface area contributed by atoms with Crippen LogP contribution in [0.3, 0.4) is 0 Å². The molecule has 0 saturated carbocycles. The molecule has 0 saturated heterocycles. The Morgan fingerprint density at radius 3 is 2.73 bits per heavy atom. The van der Waals surface area contributed by atoms with Crippen molar-refractivity contribution in [2.24, 2.45) is 7.05 Å². The highest BCUT2D eigenvalue weighted by Gasteiger charge is 2.01. The van der Waals surface area contributed by atoms with Gasteiger partial charge in [0, 0.05) is 25.1 Å². The summed E-state index contributed by atoms with van der Waals surface area (Å²) in [5.41, 5.74) is 1.59. The van der Waals surface area contributed by atoms with Crippen molar-refractivity contribution >= 4 is 11.6 Å². The van der Waals surface area contributed by atoms with Crippen LogP contribution in [0.25, 0.3) is 0 Å². The largest absolute Gasteiger partial charge is 0.326 e. The van der Waals surface area contributed by atoms with E-state index in [1.807, 2.05) is 30.8 Å². The monoisotopic (exact) mass is 205 g/mol. The molecule has 0 bridgehead atoms. The summed E-state index contributed by atoms with van der Waals surface area (Å²) in [6.45, 7) is 1.85. The summed E-state index contributed by atoms with van der Waals surface area (Å²) in [6, 6.07) is 4.81. The van der Waals surface area contributed by atoms with Gasteiger partial charge in [-0.05, 0) is 30.7 Å². The molecule has 0 aliphatic heterocycles. The van der Waals surface area contributed by atoms with E-state index in [-0.39, 0.29) is 5.82 Å². The van der Waals surface area contributed by atoms with Gasteiger partial charge in [0.15, 0.2) is 0 Å². The zero-order valence-electron chi connectivity index (χ0n) is 8.66. The van der Waals surface area contributed by atoms with Crippen LogP contribution in [0.1, 0.15) is 5.56 Å². The van der Waals surface area contributed by atoms with E-state index in [9.17, 15) is 4.39 Å². The Kier molecular flexibility index (Phi) is 2.41. The van der Waals surface area contributed by atoms with Crippen molar-refractivity contribution in [1.29, 1.82) is 0 Å². The number of rotatable bonds is 2. The highest BCUT2D eigenvalue weighted by atomic mass is 19.1. The molecule has 2 aromatic rings. The van der Waals surface area contributed by atoms with Crippen molar-refractivity contribution in [3.05, 3.63) is 42.0 Å². The number of halogens is 1. The van der Waals surface area contributed by atoms with E-state index in [1.54, 1.807) is 6.20 Å². The van der Waals surface area contributed by atoms with E-state index in [0.29, 0.717) is 11.6 Å². The van der Waals surface area contributed by atoms with Crippen LogP contribution in [0.4, 0.5) is 16.0 Å². The van der Waals surface area contributed by atoms with Crippen LogP contribution in [0, 0.1) is 12.7 Å². The Balaban J connectivity index is 2.28. The Hall–Kier alpha value is -1.84. The first-order valence-corrected chi connectivity index (χ1v) is 4.67. The minimum absolute atomic E-state index is 0.244. The molecule has 0 amide bonds. The Morgan fingerprint density at radius 2 is 2.13 bits per heavy atom. The Labute approximate surface area is 87.6 Å². The second kappa shape index (κ2) is 3.73. The number of hydrogen-bond acceptors (Lipinski definition) is 2. The topological polar surface area (TPSA) is 29.9 Å². The maximum absolute atomic E-state index is 13.1. The predicted octanol–water partition coefficient (Wildman–Crippen LogP) is 2.61. The lowest BCUT2D eigenvalue weighted by Crippen LogP contribution is -1.99. The van der Waals surface area contributed by atoms with Crippen LogP contribution in [0.15, 0.2) is 30.6 Å². The van der Waals surface area contributed by atoms with Gasteiger partial charge in [-0.3, -0.25) is 0 Å². The first kappa shape index (κ1) is 9.71. The van der Waals surface area contributed by atoms with Gasteiger partial charge in [0.2, 0.25) is 5.95 Å². The number of nitrogens with one attached hydrogen (secondary N) is 1. The fraction of sp³-hybridized carbons (Fsp3) is 0.182. The van der Waals surface area contributed by atoms with Crippen molar-refractivity contribution in [3.8, 4) is 0 Å². The number of hydrogen-bond donors (Lipinski definition) is 1. The quantitative estimate of drug-likeness (QED) is 0.816. The van der Waals surface area contributed by atoms with E-state index < -0.39 is 0 Å². The Morgan fingerprint density at radius 1 is 1.33 bits per heavy atom. The molecule has 2 rings (SSSR count). The minimum Gasteiger partial charge on any atom is -0.326 e. The van der Waals surface area contributed by atoms with Crippen molar-refractivity contribution in [2.75, 3.05) is 5.32 Å². The first-order valence-electron chi connectivity index (χ1n) is 4.67. The predicted molar refractivity (Wildman–Crippen MR) is 57.6 cm³/mol. The lowest BCUT2D eigenvalue weighted by Gasteiger charge is -2.06. The molecule has 1 N–H and O–H groups in total. The average Bonchev–Trinajstić information content (AvgIpc) is 2.50. The third-order valence-electron chi connectivity index (χ3n) is 2.12. The van der Waals surface area contributed by atoms with E-state index in [4.69, 9.17) is 0 Å². The zero-order chi connectivity index (χ0) is 10.8. The number of aromatic nitrogens is 2. The van der Waals surface area contributed by atoms with E-state index in [0.717, 1.165) is 5.56 Å². The fourth-order valence-corrected chi connectivity index (χ4v) is 1.42. The van der Waals surface area contributed by atoms with Gasteiger partial charge < -0.3 is 9.88 Å². The molecule has 1 heterocycles. The van der Waals surface area contributed by atoms with Crippen LogP contribution in [-0.2, 0) is 7.05 Å². The van der Waals surface area contributed by atoms with Crippen LogP contribution in [-0.4, -0.2) is 9.55 Å². The van der Waals surface area contributed by atoms with Gasteiger partial charge in [0.1, 0.15) is 5.82 Å². The second-order valence-corrected chi connectivity index (χ2v) is 3.50. The minimum atomic E-state index is -0.244. The SMILES string of the molecule is Cc1cc(F)cc(Nc2nccn2C)c1. The van der Waals surface area contributed by atoms with Crippen molar-refractivity contribution < 1.29 is 4.39 Å².